The lowest BCUT2D eigenvalue weighted by Crippen LogP contribution is -2.55. The molecule has 1 saturated heterocycles. The van der Waals surface area contributed by atoms with E-state index in [1.165, 1.54) is 0 Å². The number of nitrogens with zero attached hydrogens (tertiary/aromatic N) is 3. The van der Waals surface area contributed by atoms with E-state index in [9.17, 15) is 18.0 Å². The minimum atomic E-state index is -4.78. The maximum absolute atomic E-state index is 12.2. The lowest BCUT2D eigenvalue weighted by molar-refractivity contribution is -0.192. The Hall–Kier alpha value is -1.66. The predicted molar refractivity (Wildman–Crippen MR) is 56.6 cm³/mol. The van der Waals surface area contributed by atoms with Crippen molar-refractivity contribution in [2.75, 3.05) is 13.1 Å². The van der Waals surface area contributed by atoms with Gasteiger partial charge in [0.25, 0.3) is 0 Å². The van der Waals surface area contributed by atoms with Crippen molar-refractivity contribution in [1.82, 2.24) is 14.9 Å². The average Bonchev–Trinajstić information content (AvgIpc) is 2.26. The maximum Gasteiger partial charge on any atom is 0.471 e. The number of halogens is 3. The summed E-state index contributed by atoms with van der Waals surface area (Å²) in [7, 11) is 0. The minimum absolute atomic E-state index is 0.0151. The smallest absolute Gasteiger partial charge is 0.334 e. The van der Waals surface area contributed by atoms with Crippen molar-refractivity contribution in [3.8, 4) is 0 Å². The van der Waals surface area contributed by atoms with Gasteiger partial charge in [0.05, 0.1) is 0 Å². The molecule has 1 aliphatic rings. The van der Waals surface area contributed by atoms with E-state index >= 15 is 0 Å². The molecule has 1 aromatic heterocycles. The molecule has 1 atom stereocenters. The first-order valence-corrected chi connectivity index (χ1v) is 5.52. The third kappa shape index (κ3) is 2.44. The zero-order valence-electron chi connectivity index (χ0n) is 9.68. The number of carbonyl (C=O) groups is 1. The Labute approximate surface area is 102 Å². The SMILES string of the molecule is CC(c1ncccn1)C1CN(C(=O)C(F)(F)F)C1. The van der Waals surface area contributed by atoms with Crippen molar-refractivity contribution in [1.29, 1.82) is 0 Å². The highest BCUT2D eigenvalue weighted by Gasteiger charge is 2.47. The third-order valence-electron chi connectivity index (χ3n) is 3.14. The first-order chi connectivity index (χ1) is 8.39. The monoisotopic (exact) mass is 259 g/mol. The molecule has 1 unspecified atom stereocenters. The molecular weight excluding hydrogens is 247 g/mol. The molecule has 0 bridgehead atoms. The molecule has 1 aromatic rings. The summed E-state index contributed by atoms with van der Waals surface area (Å²) in [6, 6.07) is 1.68. The Morgan fingerprint density at radius 1 is 1.39 bits per heavy atom. The molecule has 0 aromatic carbocycles. The Morgan fingerprint density at radius 2 is 1.94 bits per heavy atom. The quantitative estimate of drug-likeness (QED) is 0.810. The van der Waals surface area contributed by atoms with Crippen LogP contribution in [0, 0.1) is 5.92 Å². The Kier molecular flexibility index (Phi) is 3.23. The number of likely N-dealkylation sites (tertiary alicyclic amines) is 1. The van der Waals surface area contributed by atoms with E-state index in [4.69, 9.17) is 0 Å². The van der Waals surface area contributed by atoms with E-state index in [1.807, 2.05) is 6.92 Å². The number of carbonyl (C=O) groups excluding carboxylic acids is 1. The van der Waals surface area contributed by atoms with Crippen LogP contribution >= 0.6 is 0 Å². The molecule has 0 saturated carbocycles. The molecular formula is C11H12F3N3O. The summed E-state index contributed by atoms with van der Waals surface area (Å²) in [5, 5.41) is 0. The summed E-state index contributed by atoms with van der Waals surface area (Å²) in [4.78, 5) is 19.9. The van der Waals surface area contributed by atoms with Crippen LogP contribution in [-0.4, -0.2) is 40.0 Å². The lowest BCUT2D eigenvalue weighted by atomic mass is 9.86. The van der Waals surface area contributed by atoms with Gasteiger partial charge in [-0.1, -0.05) is 6.92 Å². The molecule has 0 N–H and O–H groups in total. The number of aromatic nitrogens is 2. The lowest BCUT2D eigenvalue weighted by Gasteiger charge is -2.42. The molecule has 7 heteroatoms. The molecule has 98 valence electrons. The fourth-order valence-corrected chi connectivity index (χ4v) is 1.93. The van der Waals surface area contributed by atoms with Crippen molar-refractivity contribution in [2.45, 2.75) is 19.0 Å². The highest BCUT2D eigenvalue weighted by Crippen LogP contribution is 2.32. The molecule has 1 aliphatic heterocycles. The van der Waals surface area contributed by atoms with Gasteiger partial charge in [0, 0.05) is 37.3 Å². The molecule has 4 nitrogen and oxygen atoms in total. The van der Waals surface area contributed by atoms with Gasteiger partial charge in [-0.25, -0.2) is 9.97 Å². The summed E-state index contributed by atoms with van der Waals surface area (Å²) in [6.07, 6.45) is -1.59. The molecule has 0 aliphatic carbocycles. The normalized spacial score (nSPS) is 18.3. The fraction of sp³-hybridized carbons (Fsp3) is 0.545. The van der Waals surface area contributed by atoms with Crippen LogP contribution in [0.1, 0.15) is 18.7 Å². The highest BCUT2D eigenvalue weighted by molar-refractivity contribution is 5.82. The first-order valence-electron chi connectivity index (χ1n) is 5.52. The summed E-state index contributed by atoms with van der Waals surface area (Å²) >= 11 is 0. The van der Waals surface area contributed by atoms with Crippen molar-refractivity contribution in [3.63, 3.8) is 0 Å². The second kappa shape index (κ2) is 4.55. The molecule has 0 radical (unpaired) electrons. The Balaban J connectivity index is 1.92. The zero-order valence-corrected chi connectivity index (χ0v) is 9.68. The van der Waals surface area contributed by atoms with Crippen LogP contribution in [0.3, 0.4) is 0 Å². The topological polar surface area (TPSA) is 46.1 Å². The highest BCUT2D eigenvalue weighted by atomic mass is 19.4. The van der Waals surface area contributed by atoms with Gasteiger partial charge >= 0.3 is 12.1 Å². The Morgan fingerprint density at radius 3 is 2.44 bits per heavy atom. The Bertz CT molecular complexity index is 429. The van der Waals surface area contributed by atoms with E-state index in [1.54, 1.807) is 18.5 Å². The van der Waals surface area contributed by atoms with Crippen LogP contribution < -0.4 is 0 Å². The minimum Gasteiger partial charge on any atom is -0.334 e. The van der Waals surface area contributed by atoms with E-state index in [-0.39, 0.29) is 24.9 Å². The summed E-state index contributed by atoms with van der Waals surface area (Å²) in [5.74, 6) is -1.23. The zero-order chi connectivity index (χ0) is 13.3. The van der Waals surface area contributed by atoms with Gasteiger partial charge < -0.3 is 4.90 Å². The maximum atomic E-state index is 12.2. The largest absolute Gasteiger partial charge is 0.471 e. The summed E-state index contributed by atoms with van der Waals surface area (Å²) in [6.45, 7) is 2.07. The molecule has 0 spiro atoms. The number of rotatable bonds is 2. The fourth-order valence-electron chi connectivity index (χ4n) is 1.93. The van der Waals surface area contributed by atoms with Gasteiger partial charge in [-0.15, -0.1) is 0 Å². The standard InChI is InChI=1S/C11H12F3N3O/c1-7(9-15-3-2-4-16-9)8-5-17(6-8)10(18)11(12,13)14/h2-4,7-8H,5-6H2,1H3. The molecule has 1 fully saturated rings. The van der Waals surface area contributed by atoms with Crippen molar-refractivity contribution in [3.05, 3.63) is 24.3 Å². The second-order valence-electron chi connectivity index (χ2n) is 4.36. The van der Waals surface area contributed by atoms with Gasteiger partial charge in [0.1, 0.15) is 5.82 Å². The van der Waals surface area contributed by atoms with Crippen LogP contribution in [-0.2, 0) is 4.79 Å². The molecule has 18 heavy (non-hydrogen) atoms. The van der Waals surface area contributed by atoms with E-state index in [0.29, 0.717) is 5.82 Å². The van der Waals surface area contributed by atoms with Crippen molar-refractivity contribution < 1.29 is 18.0 Å². The number of amides is 1. The van der Waals surface area contributed by atoms with E-state index < -0.39 is 12.1 Å². The van der Waals surface area contributed by atoms with Crippen molar-refractivity contribution >= 4 is 5.91 Å². The van der Waals surface area contributed by atoms with Crippen LogP contribution in [0.2, 0.25) is 0 Å². The summed E-state index contributed by atoms with van der Waals surface area (Å²) < 4.78 is 36.5. The first kappa shape index (κ1) is 12.8. The van der Waals surface area contributed by atoms with Crippen molar-refractivity contribution in [2.24, 2.45) is 5.92 Å². The van der Waals surface area contributed by atoms with Crippen LogP contribution in [0.25, 0.3) is 0 Å². The second-order valence-corrected chi connectivity index (χ2v) is 4.36. The number of hydrogen-bond donors (Lipinski definition) is 0. The number of hydrogen-bond acceptors (Lipinski definition) is 3. The van der Waals surface area contributed by atoms with Crippen LogP contribution in [0.5, 0.6) is 0 Å². The third-order valence-corrected chi connectivity index (χ3v) is 3.14. The predicted octanol–water partition coefficient (Wildman–Crippen LogP) is 1.60. The summed E-state index contributed by atoms with van der Waals surface area (Å²) in [5.41, 5.74) is 0. The molecule has 2 heterocycles. The number of alkyl halides is 3. The van der Waals surface area contributed by atoms with E-state index in [0.717, 1.165) is 4.90 Å². The van der Waals surface area contributed by atoms with Crippen LogP contribution in [0.4, 0.5) is 13.2 Å². The molecule has 2 rings (SSSR count). The van der Waals surface area contributed by atoms with Crippen LogP contribution in [0.15, 0.2) is 18.5 Å². The van der Waals surface area contributed by atoms with Gasteiger partial charge in [-0.2, -0.15) is 13.2 Å². The molecule has 1 amide bonds. The average molecular weight is 259 g/mol. The van der Waals surface area contributed by atoms with Gasteiger partial charge in [0.2, 0.25) is 0 Å². The van der Waals surface area contributed by atoms with E-state index in [2.05, 4.69) is 9.97 Å². The van der Waals surface area contributed by atoms with Gasteiger partial charge in [0.15, 0.2) is 0 Å². The van der Waals surface area contributed by atoms with Gasteiger partial charge in [-0.05, 0) is 6.07 Å². The van der Waals surface area contributed by atoms with Gasteiger partial charge in [-0.3, -0.25) is 4.79 Å².